The summed E-state index contributed by atoms with van der Waals surface area (Å²) in [6.07, 6.45) is 0. The fourth-order valence-corrected chi connectivity index (χ4v) is 7.40. The second-order valence-corrected chi connectivity index (χ2v) is 12.9. The summed E-state index contributed by atoms with van der Waals surface area (Å²) in [7, 11) is 0. The summed E-state index contributed by atoms with van der Waals surface area (Å²) in [5.41, 5.74) is 12.4. The summed E-state index contributed by atoms with van der Waals surface area (Å²) in [4.78, 5) is 8.14. The molecule has 0 amide bonds. The lowest BCUT2D eigenvalue weighted by atomic mass is 9.94. The zero-order valence-electron chi connectivity index (χ0n) is 25.5. The maximum Gasteiger partial charge on any atom is 0.124 e. The van der Waals surface area contributed by atoms with Gasteiger partial charge in [-0.3, -0.25) is 0 Å². The normalized spacial score (nSPS) is 11.1. The molecule has 1 heterocycles. The second-order valence-electron chi connectivity index (χ2n) is 11.4. The van der Waals surface area contributed by atoms with Gasteiger partial charge in [-0.2, -0.15) is 0 Å². The van der Waals surface area contributed by atoms with Crippen molar-refractivity contribution >= 4 is 51.2 Å². The van der Waals surface area contributed by atoms with E-state index in [1.54, 1.807) is 11.3 Å². The number of benzene rings is 7. The largest absolute Gasteiger partial charge is 0.311 e. The molecule has 0 unspecified atom stereocenters. The molecule has 47 heavy (non-hydrogen) atoms. The Hall–Kier alpha value is -5.42. The lowest BCUT2D eigenvalue weighted by Gasteiger charge is -2.26. The highest BCUT2D eigenvalue weighted by Crippen LogP contribution is 2.41. The number of thiazole rings is 1. The lowest BCUT2D eigenvalue weighted by Crippen LogP contribution is -2.09. The topological polar surface area (TPSA) is 16.1 Å². The van der Waals surface area contributed by atoms with Crippen molar-refractivity contribution in [2.75, 3.05) is 4.90 Å². The van der Waals surface area contributed by atoms with Crippen molar-refractivity contribution in [2.24, 2.45) is 0 Å². The van der Waals surface area contributed by atoms with E-state index in [4.69, 9.17) is 17.6 Å². The van der Waals surface area contributed by atoms with Crippen LogP contribution in [-0.2, 0) is 0 Å². The van der Waals surface area contributed by atoms with Crippen molar-refractivity contribution in [2.45, 2.75) is 4.90 Å². The van der Waals surface area contributed by atoms with Crippen LogP contribution in [0.15, 0.2) is 181 Å². The lowest BCUT2D eigenvalue weighted by molar-refractivity contribution is 1.28. The van der Waals surface area contributed by atoms with Crippen molar-refractivity contribution < 1.29 is 0 Å². The van der Waals surface area contributed by atoms with Gasteiger partial charge in [-0.25, -0.2) is 4.98 Å². The maximum atomic E-state index is 4.95. The molecule has 8 rings (SSSR count). The minimum atomic E-state index is 0.917. The number of nitrogens with zero attached hydrogens (tertiary/aromatic N) is 2. The second kappa shape index (κ2) is 12.8. The summed E-state index contributed by atoms with van der Waals surface area (Å²) in [5, 5.41) is 1.02. The van der Waals surface area contributed by atoms with Crippen LogP contribution in [0.25, 0.3) is 54.2 Å². The Kier molecular flexibility index (Phi) is 7.88. The quantitative estimate of drug-likeness (QED) is 0.175. The van der Waals surface area contributed by atoms with E-state index >= 15 is 0 Å². The Balaban J connectivity index is 1.15. The number of hydrogen-bond acceptors (Lipinski definition) is 4. The fraction of sp³-hybridized carbons (Fsp3) is 0. The van der Waals surface area contributed by atoms with Gasteiger partial charge in [0.15, 0.2) is 0 Å². The van der Waals surface area contributed by atoms with Crippen LogP contribution in [0.5, 0.6) is 0 Å². The first-order chi connectivity index (χ1) is 23.2. The molecule has 0 fully saturated rings. The van der Waals surface area contributed by atoms with Crippen LogP contribution >= 0.6 is 24.0 Å². The molecule has 224 valence electrons. The van der Waals surface area contributed by atoms with E-state index in [2.05, 4.69) is 175 Å². The Labute approximate surface area is 284 Å². The van der Waals surface area contributed by atoms with Crippen LogP contribution in [0.4, 0.5) is 17.1 Å². The zero-order chi connectivity index (χ0) is 31.6. The van der Waals surface area contributed by atoms with E-state index in [0.717, 1.165) is 59.4 Å². The first-order valence-electron chi connectivity index (χ1n) is 15.6. The van der Waals surface area contributed by atoms with Crippen molar-refractivity contribution in [3.05, 3.63) is 176 Å². The molecule has 0 atom stereocenters. The number of para-hydroxylation sites is 1. The van der Waals surface area contributed by atoms with Crippen LogP contribution in [-0.4, -0.2) is 4.98 Å². The average Bonchev–Trinajstić information content (AvgIpc) is 3.56. The van der Waals surface area contributed by atoms with E-state index in [0.29, 0.717) is 0 Å². The monoisotopic (exact) mass is 638 g/mol. The van der Waals surface area contributed by atoms with Crippen LogP contribution in [0.1, 0.15) is 0 Å². The van der Waals surface area contributed by atoms with E-state index in [1.807, 2.05) is 6.07 Å². The van der Waals surface area contributed by atoms with Crippen molar-refractivity contribution in [3.8, 4) is 44.0 Å². The third-order valence-electron chi connectivity index (χ3n) is 8.43. The molecule has 0 aliphatic heterocycles. The van der Waals surface area contributed by atoms with Crippen molar-refractivity contribution in [3.63, 3.8) is 0 Å². The molecule has 4 heteroatoms. The molecule has 0 aliphatic carbocycles. The number of fused-ring (bicyclic) bond motifs is 1. The van der Waals surface area contributed by atoms with Gasteiger partial charge in [-0.05, 0) is 81.9 Å². The van der Waals surface area contributed by atoms with Gasteiger partial charge < -0.3 is 4.90 Å². The smallest absolute Gasteiger partial charge is 0.124 e. The SMILES string of the molecule is Sc1cc2nc(-c3ccccc3)sc2cc1-c1ccccc1-c1ccc(N(c2ccccc2)c2ccc(-c3ccccc3)cc2)cc1. The molecule has 0 radical (unpaired) electrons. The van der Waals surface area contributed by atoms with Gasteiger partial charge in [0.2, 0.25) is 0 Å². The molecule has 2 nitrogen and oxygen atoms in total. The Morgan fingerprint density at radius 3 is 1.55 bits per heavy atom. The molecule has 0 bridgehead atoms. The van der Waals surface area contributed by atoms with Gasteiger partial charge in [-0.15, -0.1) is 24.0 Å². The molecule has 1 aromatic heterocycles. The first kappa shape index (κ1) is 29.0. The molecule has 0 spiro atoms. The highest BCUT2D eigenvalue weighted by atomic mass is 32.1. The summed E-state index contributed by atoms with van der Waals surface area (Å²) >= 11 is 6.67. The number of thiol groups is 1. The Morgan fingerprint density at radius 2 is 0.915 bits per heavy atom. The maximum absolute atomic E-state index is 4.95. The zero-order valence-corrected chi connectivity index (χ0v) is 27.2. The van der Waals surface area contributed by atoms with Gasteiger partial charge in [0.25, 0.3) is 0 Å². The molecule has 0 N–H and O–H groups in total. The number of anilines is 3. The van der Waals surface area contributed by atoms with Gasteiger partial charge >= 0.3 is 0 Å². The predicted molar refractivity (Wildman–Crippen MR) is 203 cm³/mol. The summed E-state index contributed by atoms with van der Waals surface area (Å²) in [6, 6.07) is 62.0. The van der Waals surface area contributed by atoms with Gasteiger partial charge in [-0.1, -0.05) is 127 Å². The van der Waals surface area contributed by atoms with Crippen molar-refractivity contribution in [1.82, 2.24) is 4.98 Å². The van der Waals surface area contributed by atoms with Crippen LogP contribution in [0.2, 0.25) is 0 Å². The average molecular weight is 639 g/mol. The molecule has 0 saturated heterocycles. The number of hydrogen-bond donors (Lipinski definition) is 1. The molecule has 0 aliphatic rings. The van der Waals surface area contributed by atoms with Crippen molar-refractivity contribution in [1.29, 1.82) is 0 Å². The van der Waals surface area contributed by atoms with E-state index in [-0.39, 0.29) is 0 Å². The number of rotatable bonds is 7. The van der Waals surface area contributed by atoms with Crippen LogP contribution in [0.3, 0.4) is 0 Å². The van der Waals surface area contributed by atoms with Gasteiger partial charge in [0, 0.05) is 27.5 Å². The molecule has 7 aromatic carbocycles. The summed E-state index contributed by atoms with van der Waals surface area (Å²) in [5.74, 6) is 0. The Morgan fingerprint density at radius 1 is 0.426 bits per heavy atom. The van der Waals surface area contributed by atoms with Gasteiger partial charge in [0.05, 0.1) is 10.2 Å². The standard InChI is InChI=1S/C43H30N2S2/c46-41-29-40-42(47-43(44-40)33-14-6-2-7-15-33)28-39(41)38-19-11-10-18-37(38)32-22-26-36(27-23-32)45(34-16-8-3-9-17-34)35-24-20-31(21-25-35)30-12-4-1-5-13-30/h1-29,46H. The van der Waals surface area contributed by atoms with Gasteiger partial charge in [0.1, 0.15) is 5.01 Å². The fourth-order valence-electron chi connectivity index (χ4n) is 6.10. The third kappa shape index (κ3) is 5.85. The summed E-state index contributed by atoms with van der Waals surface area (Å²) < 4.78 is 1.15. The highest BCUT2D eigenvalue weighted by Gasteiger charge is 2.16. The van der Waals surface area contributed by atoms with E-state index in [1.165, 1.54) is 16.7 Å². The van der Waals surface area contributed by atoms with Crippen LogP contribution in [0, 0.1) is 0 Å². The minimum absolute atomic E-state index is 0.917. The molecular weight excluding hydrogens is 609 g/mol. The Bertz CT molecular complexity index is 2280. The highest BCUT2D eigenvalue weighted by molar-refractivity contribution is 7.80. The first-order valence-corrected chi connectivity index (χ1v) is 16.9. The van der Waals surface area contributed by atoms with E-state index < -0.39 is 0 Å². The predicted octanol–water partition coefficient (Wildman–Crippen LogP) is 12.7. The van der Waals surface area contributed by atoms with Crippen LogP contribution < -0.4 is 4.90 Å². The molecule has 0 saturated carbocycles. The number of aromatic nitrogens is 1. The van der Waals surface area contributed by atoms with E-state index in [9.17, 15) is 0 Å². The third-order valence-corrected chi connectivity index (χ3v) is 9.86. The molecule has 8 aromatic rings. The summed E-state index contributed by atoms with van der Waals surface area (Å²) in [6.45, 7) is 0. The minimum Gasteiger partial charge on any atom is -0.311 e. The molecular formula is C43H30N2S2.